The third-order valence-electron chi connectivity index (χ3n) is 1.37. The maximum Gasteiger partial charge on any atom is 0.138 e. The summed E-state index contributed by atoms with van der Waals surface area (Å²) in [5, 5.41) is 11.6. The van der Waals surface area contributed by atoms with Crippen LogP contribution in [0.4, 0.5) is 4.39 Å². The normalized spacial score (nSPS) is 35.3. The number of hydrogen-bond acceptors (Lipinski definition) is 2. The average molecular weight is 156 g/mol. The molecular formula is C5H11ClFNO. The van der Waals surface area contributed by atoms with E-state index in [0.29, 0.717) is 13.0 Å². The molecule has 2 atom stereocenters. The molecule has 1 heterocycles. The zero-order valence-electron chi connectivity index (χ0n) is 5.01. The molecule has 0 aromatic carbocycles. The Morgan fingerprint density at radius 2 is 2.22 bits per heavy atom. The number of piperidine rings is 1. The highest BCUT2D eigenvalue weighted by Gasteiger charge is 2.20. The first kappa shape index (κ1) is 9.14. The van der Waals surface area contributed by atoms with E-state index >= 15 is 0 Å². The van der Waals surface area contributed by atoms with Crippen molar-refractivity contribution < 1.29 is 9.50 Å². The number of alkyl halides is 1. The molecule has 2 nitrogen and oxygen atoms in total. The molecule has 0 spiro atoms. The summed E-state index contributed by atoms with van der Waals surface area (Å²) >= 11 is 0. The number of nitrogens with one attached hydrogen (secondary N) is 1. The lowest BCUT2D eigenvalue weighted by molar-refractivity contribution is 0.0532. The van der Waals surface area contributed by atoms with Crippen LogP contribution < -0.4 is 5.32 Å². The lowest BCUT2D eigenvalue weighted by atomic mass is 10.1. The third kappa shape index (κ3) is 2.47. The molecule has 1 rings (SSSR count). The standard InChI is InChI=1S/C5H10FNO.ClH/c6-4-3-7-2-1-5(4)8;/h4-5,7-8H,1-3H2;1H/t4-,5+;/m0./s1. The van der Waals surface area contributed by atoms with E-state index in [9.17, 15) is 4.39 Å². The first-order valence-corrected chi connectivity index (χ1v) is 2.83. The summed E-state index contributed by atoms with van der Waals surface area (Å²) in [6.45, 7) is 1.04. The fraction of sp³-hybridized carbons (Fsp3) is 1.00. The maximum atomic E-state index is 12.3. The van der Waals surface area contributed by atoms with E-state index in [2.05, 4.69) is 5.32 Å². The van der Waals surface area contributed by atoms with Gasteiger partial charge in [0.2, 0.25) is 0 Å². The molecule has 56 valence electrons. The summed E-state index contributed by atoms with van der Waals surface area (Å²) in [6, 6.07) is 0. The van der Waals surface area contributed by atoms with Gasteiger partial charge in [-0.2, -0.15) is 0 Å². The molecule has 1 aliphatic rings. The molecular weight excluding hydrogens is 145 g/mol. The Morgan fingerprint density at radius 3 is 2.56 bits per heavy atom. The first-order chi connectivity index (χ1) is 3.80. The van der Waals surface area contributed by atoms with Crippen molar-refractivity contribution in [1.29, 1.82) is 0 Å². The van der Waals surface area contributed by atoms with E-state index < -0.39 is 12.3 Å². The van der Waals surface area contributed by atoms with Gasteiger partial charge in [-0.3, -0.25) is 0 Å². The molecule has 0 aromatic heterocycles. The van der Waals surface area contributed by atoms with Gasteiger partial charge in [0.1, 0.15) is 6.17 Å². The number of hydrogen-bond donors (Lipinski definition) is 2. The van der Waals surface area contributed by atoms with Gasteiger partial charge in [0.25, 0.3) is 0 Å². The molecule has 0 unspecified atom stereocenters. The summed E-state index contributed by atoms with van der Waals surface area (Å²) in [5.41, 5.74) is 0. The van der Waals surface area contributed by atoms with Crippen LogP contribution in [0.2, 0.25) is 0 Å². The number of rotatable bonds is 0. The van der Waals surface area contributed by atoms with Crippen molar-refractivity contribution in [3.63, 3.8) is 0 Å². The van der Waals surface area contributed by atoms with E-state index in [1.807, 2.05) is 0 Å². The van der Waals surface area contributed by atoms with E-state index in [0.717, 1.165) is 6.54 Å². The van der Waals surface area contributed by atoms with Crippen molar-refractivity contribution in [1.82, 2.24) is 5.32 Å². The van der Waals surface area contributed by atoms with Crippen LogP contribution in [0.3, 0.4) is 0 Å². The minimum absolute atomic E-state index is 0. The van der Waals surface area contributed by atoms with Crippen LogP contribution in [0.25, 0.3) is 0 Å². The van der Waals surface area contributed by atoms with Gasteiger partial charge in [-0.1, -0.05) is 0 Å². The summed E-state index contributed by atoms with van der Waals surface area (Å²) in [6.07, 6.45) is -1.23. The van der Waals surface area contributed by atoms with Crippen LogP contribution in [-0.2, 0) is 0 Å². The van der Waals surface area contributed by atoms with Gasteiger partial charge in [-0.25, -0.2) is 4.39 Å². The monoisotopic (exact) mass is 155 g/mol. The van der Waals surface area contributed by atoms with Crippen LogP contribution >= 0.6 is 12.4 Å². The van der Waals surface area contributed by atoms with Crippen molar-refractivity contribution in [2.75, 3.05) is 13.1 Å². The Kier molecular flexibility index (Phi) is 4.10. The molecule has 0 bridgehead atoms. The lowest BCUT2D eigenvalue weighted by Gasteiger charge is -2.21. The van der Waals surface area contributed by atoms with E-state index in [4.69, 9.17) is 5.11 Å². The van der Waals surface area contributed by atoms with Crippen molar-refractivity contribution in [3.8, 4) is 0 Å². The van der Waals surface area contributed by atoms with Crippen molar-refractivity contribution in [3.05, 3.63) is 0 Å². The molecule has 0 aromatic rings. The first-order valence-electron chi connectivity index (χ1n) is 2.83. The molecule has 1 aliphatic heterocycles. The van der Waals surface area contributed by atoms with Crippen molar-refractivity contribution in [2.45, 2.75) is 18.7 Å². The third-order valence-corrected chi connectivity index (χ3v) is 1.37. The SMILES string of the molecule is Cl.O[C@@H]1CCNC[C@@H]1F. The van der Waals surface area contributed by atoms with Gasteiger partial charge in [-0.15, -0.1) is 12.4 Å². The topological polar surface area (TPSA) is 32.3 Å². The molecule has 0 saturated carbocycles. The summed E-state index contributed by atoms with van der Waals surface area (Å²) in [4.78, 5) is 0. The van der Waals surface area contributed by atoms with E-state index in [-0.39, 0.29) is 12.4 Å². The average Bonchev–Trinajstić information content (AvgIpc) is 1.77. The predicted molar refractivity (Wildman–Crippen MR) is 35.6 cm³/mol. The zero-order valence-corrected chi connectivity index (χ0v) is 5.83. The Morgan fingerprint density at radius 1 is 1.56 bits per heavy atom. The second-order valence-electron chi connectivity index (χ2n) is 2.08. The van der Waals surface area contributed by atoms with Crippen LogP contribution in [0.15, 0.2) is 0 Å². The molecule has 4 heteroatoms. The fourth-order valence-electron chi connectivity index (χ4n) is 0.807. The van der Waals surface area contributed by atoms with Crippen molar-refractivity contribution >= 4 is 12.4 Å². The number of halogens is 2. The number of aliphatic hydroxyl groups is 1. The highest BCUT2D eigenvalue weighted by Crippen LogP contribution is 2.05. The van der Waals surface area contributed by atoms with Gasteiger partial charge in [-0.05, 0) is 13.0 Å². The molecule has 1 fully saturated rings. The summed E-state index contributed by atoms with van der Waals surface area (Å²) in [7, 11) is 0. The Balaban J connectivity index is 0.000000640. The molecule has 2 N–H and O–H groups in total. The van der Waals surface area contributed by atoms with Crippen LogP contribution in [0, 0.1) is 0 Å². The van der Waals surface area contributed by atoms with Crippen LogP contribution in [0.1, 0.15) is 6.42 Å². The van der Waals surface area contributed by atoms with Gasteiger partial charge < -0.3 is 10.4 Å². The smallest absolute Gasteiger partial charge is 0.138 e. The van der Waals surface area contributed by atoms with Gasteiger partial charge >= 0.3 is 0 Å². The summed E-state index contributed by atoms with van der Waals surface area (Å²) in [5.74, 6) is 0. The van der Waals surface area contributed by atoms with E-state index in [1.165, 1.54) is 0 Å². The molecule has 1 saturated heterocycles. The maximum absolute atomic E-state index is 12.3. The molecule has 0 radical (unpaired) electrons. The molecule has 0 amide bonds. The van der Waals surface area contributed by atoms with Crippen LogP contribution in [-0.4, -0.2) is 30.5 Å². The minimum Gasteiger partial charge on any atom is -0.390 e. The van der Waals surface area contributed by atoms with Gasteiger partial charge in [0.15, 0.2) is 0 Å². The highest BCUT2D eigenvalue weighted by atomic mass is 35.5. The second kappa shape index (κ2) is 4.04. The second-order valence-corrected chi connectivity index (χ2v) is 2.08. The highest BCUT2D eigenvalue weighted by molar-refractivity contribution is 5.85. The zero-order chi connectivity index (χ0) is 5.98. The number of aliphatic hydroxyl groups excluding tert-OH is 1. The minimum atomic E-state index is -1.05. The van der Waals surface area contributed by atoms with Crippen molar-refractivity contribution in [2.24, 2.45) is 0 Å². The van der Waals surface area contributed by atoms with Gasteiger partial charge in [0, 0.05) is 6.54 Å². The lowest BCUT2D eigenvalue weighted by Crippen LogP contribution is -2.41. The van der Waals surface area contributed by atoms with Gasteiger partial charge in [0.05, 0.1) is 6.10 Å². The van der Waals surface area contributed by atoms with Crippen LogP contribution in [0.5, 0.6) is 0 Å². The Hall–Kier alpha value is 0.140. The Labute approximate surface area is 59.9 Å². The Bertz CT molecular complexity index is 73.4. The summed E-state index contributed by atoms with van der Waals surface area (Å²) < 4.78 is 12.3. The predicted octanol–water partition coefficient (Wildman–Crippen LogP) is 0.101. The quantitative estimate of drug-likeness (QED) is 0.520. The fourth-order valence-corrected chi connectivity index (χ4v) is 0.807. The molecule has 0 aliphatic carbocycles. The van der Waals surface area contributed by atoms with E-state index in [1.54, 1.807) is 0 Å². The largest absolute Gasteiger partial charge is 0.390 e. The molecule has 9 heavy (non-hydrogen) atoms.